The molecule has 232 valence electrons. The third-order valence-corrected chi connectivity index (χ3v) is 8.86. The lowest BCUT2D eigenvalue weighted by molar-refractivity contribution is 0.0482. The summed E-state index contributed by atoms with van der Waals surface area (Å²) >= 11 is 11.8. The van der Waals surface area contributed by atoms with E-state index in [1.807, 2.05) is 34.1 Å². The van der Waals surface area contributed by atoms with Crippen molar-refractivity contribution >= 4 is 46.3 Å². The summed E-state index contributed by atoms with van der Waals surface area (Å²) in [5.74, 6) is -0.160. The summed E-state index contributed by atoms with van der Waals surface area (Å²) in [5, 5.41) is 9.60. The third-order valence-electron chi connectivity index (χ3n) is 8.47. The van der Waals surface area contributed by atoms with Crippen molar-refractivity contribution in [1.29, 1.82) is 0 Å². The van der Waals surface area contributed by atoms with Gasteiger partial charge in [-0.3, -0.25) is 9.59 Å². The summed E-state index contributed by atoms with van der Waals surface area (Å²) in [6.45, 7) is 6.09. The molecule has 0 bridgehead atoms. The van der Waals surface area contributed by atoms with Crippen LogP contribution in [0.1, 0.15) is 57.1 Å². The van der Waals surface area contributed by atoms with E-state index in [4.69, 9.17) is 23.2 Å². The molecule has 2 aliphatic rings. The van der Waals surface area contributed by atoms with Crippen LogP contribution in [-0.4, -0.2) is 62.9 Å². The van der Waals surface area contributed by atoms with E-state index in [0.29, 0.717) is 52.4 Å². The first-order valence-electron chi connectivity index (χ1n) is 14.9. The van der Waals surface area contributed by atoms with Gasteiger partial charge in [0.2, 0.25) is 0 Å². The maximum absolute atomic E-state index is 13.1. The van der Waals surface area contributed by atoms with Crippen LogP contribution in [0.3, 0.4) is 0 Å². The molecule has 0 N–H and O–H groups in total. The minimum absolute atomic E-state index is 0.0730. The summed E-state index contributed by atoms with van der Waals surface area (Å²) in [6, 6.07) is 19.9. The number of hydrogen-bond acceptors (Lipinski definition) is 6. The van der Waals surface area contributed by atoms with E-state index in [9.17, 15) is 9.59 Å². The Bertz CT molecular complexity index is 2120. The van der Waals surface area contributed by atoms with Gasteiger partial charge >= 0.3 is 0 Å². The largest absolute Gasteiger partial charge is 0.333 e. The van der Waals surface area contributed by atoms with E-state index in [1.165, 1.54) is 26.8 Å². The SMILES string of the molecule is CC1(C)Cc2ccccc2CN1C(=O)c1cc2ncc(Cl)cn2n1.O=C(c1cc2ncc(Cl)cn2n1)N1CCc2ccccc2C1. The molecular weight excluding hydrogens is 623 g/mol. The number of halogens is 2. The van der Waals surface area contributed by atoms with Gasteiger partial charge in [0.1, 0.15) is 0 Å². The lowest BCUT2D eigenvalue weighted by Gasteiger charge is -2.43. The Labute approximate surface area is 275 Å². The Hall–Kier alpha value is -4.80. The van der Waals surface area contributed by atoms with Gasteiger partial charge in [0, 0.05) is 49.7 Å². The fourth-order valence-electron chi connectivity index (χ4n) is 6.06. The predicted octanol–water partition coefficient (Wildman–Crippen LogP) is 5.94. The first-order valence-corrected chi connectivity index (χ1v) is 15.7. The number of aromatic nitrogens is 6. The molecule has 0 saturated heterocycles. The second kappa shape index (κ2) is 11.9. The zero-order chi connectivity index (χ0) is 32.0. The van der Waals surface area contributed by atoms with Crippen molar-refractivity contribution in [2.45, 2.75) is 45.3 Å². The maximum Gasteiger partial charge on any atom is 0.275 e. The second-order valence-corrected chi connectivity index (χ2v) is 13.0. The zero-order valence-corrected chi connectivity index (χ0v) is 26.8. The van der Waals surface area contributed by atoms with Crippen LogP contribution in [0.15, 0.2) is 85.5 Å². The topological polar surface area (TPSA) is 101 Å². The number of hydrogen-bond donors (Lipinski definition) is 0. The summed E-state index contributed by atoms with van der Waals surface area (Å²) in [7, 11) is 0. The number of carbonyl (C=O) groups excluding carboxylic acids is 2. The molecule has 0 aliphatic carbocycles. The molecule has 6 heterocycles. The Balaban J connectivity index is 0.000000147. The summed E-state index contributed by atoms with van der Waals surface area (Å²) in [4.78, 5) is 37.8. The molecule has 0 saturated carbocycles. The molecule has 46 heavy (non-hydrogen) atoms. The van der Waals surface area contributed by atoms with Crippen LogP contribution in [0.25, 0.3) is 11.3 Å². The van der Waals surface area contributed by atoms with Crippen LogP contribution >= 0.6 is 23.2 Å². The van der Waals surface area contributed by atoms with Crippen molar-refractivity contribution in [3.63, 3.8) is 0 Å². The average molecular weight is 654 g/mol. The van der Waals surface area contributed by atoms with Crippen LogP contribution in [0.5, 0.6) is 0 Å². The number of rotatable bonds is 2. The first kappa shape index (κ1) is 29.9. The van der Waals surface area contributed by atoms with Gasteiger partial charge in [-0.05, 0) is 48.9 Å². The molecule has 6 aromatic rings. The molecule has 8 rings (SSSR count). The highest BCUT2D eigenvalue weighted by molar-refractivity contribution is 6.30. The van der Waals surface area contributed by atoms with E-state index in [1.54, 1.807) is 41.4 Å². The zero-order valence-electron chi connectivity index (χ0n) is 25.3. The van der Waals surface area contributed by atoms with E-state index < -0.39 is 0 Å². The van der Waals surface area contributed by atoms with Gasteiger partial charge in [-0.1, -0.05) is 71.7 Å². The standard InChI is InChI=1S/C18H17ClN4O.C16H13ClN4O/c1-18(2)8-12-5-3-4-6-13(12)10-22(18)17(24)15-7-16-20-9-14(19)11-23(16)21-15;17-13-8-18-15-7-14(19-21(15)10-13)16(22)20-6-5-11-3-1-2-4-12(11)9-20/h3-7,9,11H,8,10H2,1-2H3;1-4,7-8,10H,5-6,9H2. The van der Waals surface area contributed by atoms with Crippen molar-refractivity contribution in [3.05, 3.63) is 129 Å². The molecule has 12 heteroatoms. The van der Waals surface area contributed by atoms with Gasteiger partial charge in [-0.2, -0.15) is 10.2 Å². The number of carbonyl (C=O) groups is 2. The van der Waals surface area contributed by atoms with Crippen LogP contribution in [0.4, 0.5) is 0 Å². The molecule has 2 amide bonds. The molecule has 4 aromatic heterocycles. The number of fused-ring (bicyclic) bond motifs is 4. The number of nitrogens with zero attached hydrogens (tertiary/aromatic N) is 8. The van der Waals surface area contributed by atoms with Gasteiger partial charge in [-0.15, -0.1) is 0 Å². The molecular formula is C34H30Cl2N8O2. The average Bonchev–Trinajstić information content (AvgIpc) is 3.67. The summed E-state index contributed by atoms with van der Waals surface area (Å²) in [6.07, 6.45) is 8.09. The fraction of sp³-hybridized carbons (Fsp3) is 0.235. The lowest BCUT2D eigenvalue weighted by Crippen LogP contribution is -2.51. The van der Waals surface area contributed by atoms with Crippen LogP contribution in [0.2, 0.25) is 10.0 Å². The van der Waals surface area contributed by atoms with Gasteiger partial charge in [0.15, 0.2) is 22.7 Å². The summed E-state index contributed by atoms with van der Waals surface area (Å²) in [5.41, 5.74) is 6.74. The maximum atomic E-state index is 13.1. The number of amides is 2. The van der Waals surface area contributed by atoms with E-state index in [2.05, 4.69) is 58.3 Å². The van der Waals surface area contributed by atoms with E-state index in [0.717, 1.165) is 12.8 Å². The second-order valence-electron chi connectivity index (χ2n) is 12.1. The van der Waals surface area contributed by atoms with Gasteiger partial charge in [-0.25, -0.2) is 19.0 Å². The van der Waals surface area contributed by atoms with Crippen LogP contribution < -0.4 is 0 Å². The third kappa shape index (κ3) is 5.81. The van der Waals surface area contributed by atoms with Gasteiger partial charge in [0.05, 0.1) is 22.4 Å². The first-order chi connectivity index (χ1) is 22.1. The van der Waals surface area contributed by atoms with Crippen LogP contribution in [0, 0.1) is 0 Å². The van der Waals surface area contributed by atoms with Gasteiger partial charge < -0.3 is 9.80 Å². The van der Waals surface area contributed by atoms with Crippen molar-refractivity contribution in [2.24, 2.45) is 0 Å². The van der Waals surface area contributed by atoms with Gasteiger partial charge in [0.25, 0.3) is 11.8 Å². The molecule has 0 spiro atoms. The predicted molar refractivity (Wildman–Crippen MR) is 175 cm³/mol. The molecule has 0 atom stereocenters. The van der Waals surface area contributed by atoms with E-state index in [-0.39, 0.29) is 17.4 Å². The fourth-order valence-corrected chi connectivity index (χ4v) is 6.35. The van der Waals surface area contributed by atoms with Crippen molar-refractivity contribution in [1.82, 2.24) is 39.0 Å². The Morgan fingerprint density at radius 2 is 1.24 bits per heavy atom. The molecule has 2 aliphatic heterocycles. The molecule has 0 fully saturated rings. The lowest BCUT2D eigenvalue weighted by atomic mass is 9.85. The highest BCUT2D eigenvalue weighted by atomic mass is 35.5. The highest BCUT2D eigenvalue weighted by Crippen LogP contribution is 2.32. The van der Waals surface area contributed by atoms with Crippen molar-refractivity contribution in [2.75, 3.05) is 6.54 Å². The number of benzene rings is 2. The highest BCUT2D eigenvalue weighted by Gasteiger charge is 2.37. The van der Waals surface area contributed by atoms with Crippen LogP contribution in [-0.2, 0) is 25.9 Å². The monoisotopic (exact) mass is 652 g/mol. The Morgan fingerprint density at radius 1 is 0.717 bits per heavy atom. The molecule has 2 aromatic carbocycles. The molecule has 0 radical (unpaired) electrons. The molecule has 10 nitrogen and oxygen atoms in total. The minimum Gasteiger partial charge on any atom is -0.333 e. The smallest absolute Gasteiger partial charge is 0.275 e. The van der Waals surface area contributed by atoms with Crippen molar-refractivity contribution in [3.8, 4) is 0 Å². The quantitative estimate of drug-likeness (QED) is 0.229. The Morgan fingerprint density at radius 3 is 1.85 bits per heavy atom. The van der Waals surface area contributed by atoms with E-state index >= 15 is 0 Å². The normalized spacial score (nSPS) is 15.2. The van der Waals surface area contributed by atoms with Crippen molar-refractivity contribution < 1.29 is 9.59 Å². The molecule has 0 unspecified atom stereocenters. The Kier molecular flexibility index (Phi) is 7.70. The summed E-state index contributed by atoms with van der Waals surface area (Å²) < 4.78 is 3.08. The minimum atomic E-state index is -0.272.